The molecule has 0 heteroatoms. The molecule has 0 aliphatic heterocycles. The van der Waals surface area contributed by atoms with E-state index in [0.29, 0.717) is 5.56 Å². The molecule has 0 aromatic heterocycles. The molecule has 1 rings (SSSR count). The zero-order valence-corrected chi connectivity index (χ0v) is 5.39. The molecule has 0 spiro atoms. The fourth-order valence-corrected chi connectivity index (χ4v) is 0.625. The lowest BCUT2D eigenvalue weighted by atomic mass is 10.2. The summed E-state index contributed by atoms with van der Waals surface area (Å²) in [5.41, 5.74) is 2.79. The van der Waals surface area contributed by atoms with E-state index >= 15 is 0 Å². The molecule has 0 saturated carbocycles. The molecule has 0 nitrogen and oxygen atoms in total. The third-order valence-corrected chi connectivity index (χ3v) is 1.04. The molecule has 0 radical (unpaired) electrons. The van der Waals surface area contributed by atoms with E-state index in [0.717, 1.165) is 0 Å². The monoisotopic (exact) mass is 135 g/mol. The zero-order valence-electron chi connectivity index (χ0n) is 10.4. The van der Waals surface area contributed by atoms with E-state index in [1.807, 2.05) is 0 Å². The summed E-state index contributed by atoms with van der Waals surface area (Å²) in [5, 5.41) is 0. The largest absolute Gasteiger partial charge is 0.125 e. The van der Waals surface area contributed by atoms with Crippen LogP contribution in [0.1, 0.15) is 19.3 Å². The Bertz CT molecular complexity index is 396. The fraction of sp³-hybridized carbons (Fsp3) is 0.100. The van der Waals surface area contributed by atoms with Crippen LogP contribution >= 0.6 is 0 Å². The second-order valence-electron chi connectivity index (χ2n) is 1.74. The van der Waals surface area contributed by atoms with Crippen molar-refractivity contribution in [3.63, 3.8) is 0 Å². The number of hydrogen-bond acceptors (Lipinski definition) is 0. The number of allylic oxidation sites excluding steroid dienone is 1. The highest BCUT2D eigenvalue weighted by molar-refractivity contribution is 5.47. The van der Waals surface area contributed by atoms with Gasteiger partial charge in [-0.1, -0.05) is 30.3 Å². The van der Waals surface area contributed by atoms with Gasteiger partial charge in [-0.25, -0.2) is 0 Å². The first-order valence-electron chi connectivity index (χ1n) is 5.41. The van der Waals surface area contributed by atoms with Gasteiger partial charge in [0.25, 0.3) is 0 Å². The molecule has 0 amide bonds. The topological polar surface area (TPSA) is 0 Å². The van der Waals surface area contributed by atoms with E-state index < -0.39 is 12.9 Å². The van der Waals surface area contributed by atoms with Crippen molar-refractivity contribution in [1.29, 1.82) is 0 Å². The summed E-state index contributed by atoms with van der Waals surface area (Å²) in [5.74, 6) is 0. The standard InChI is InChI=1S/C10H10/c1-2-3-7-10-8-5-4-6-9-10/h2,4-9H,1H3/i1D3,2D,7D. The van der Waals surface area contributed by atoms with Crippen LogP contribution in [0, 0.1) is 0 Å². The van der Waals surface area contributed by atoms with Gasteiger partial charge in [-0.2, -0.15) is 0 Å². The van der Waals surface area contributed by atoms with Crippen LogP contribution in [0.3, 0.4) is 0 Å². The quantitative estimate of drug-likeness (QED) is 0.519. The van der Waals surface area contributed by atoms with Gasteiger partial charge in [0.05, 0.1) is 2.74 Å². The van der Waals surface area contributed by atoms with Crippen molar-refractivity contribution < 1.29 is 6.85 Å². The van der Waals surface area contributed by atoms with Gasteiger partial charge < -0.3 is 0 Å². The van der Waals surface area contributed by atoms with E-state index in [9.17, 15) is 0 Å². The van der Waals surface area contributed by atoms with Gasteiger partial charge in [0.1, 0.15) is 0 Å². The molecule has 50 valence electrons. The predicted octanol–water partition coefficient (Wildman–Crippen LogP) is 2.87. The van der Waals surface area contributed by atoms with Gasteiger partial charge in [-0.05, 0) is 24.5 Å². The first-order valence-corrected chi connectivity index (χ1v) is 2.91. The summed E-state index contributed by atoms with van der Waals surface area (Å²) < 4.78 is 35.6. The smallest absolute Gasteiger partial charge is 0.0720 e. The van der Waals surface area contributed by atoms with Crippen molar-refractivity contribution in [1.82, 2.24) is 0 Å². The molecule has 0 unspecified atom stereocenters. The van der Waals surface area contributed by atoms with Crippen molar-refractivity contribution in [3.05, 3.63) is 47.7 Å². The third kappa shape index (κ3) is 1.93. The van der Waals surface area contributed by atoms with Gasteiger partial charge in [0.15, 0.2) is 0 Å². The normalized spacial score (nSPS) is 16.6. The fourth-order valence-electron chi connectivity index (χ4n) is 0.625. The Kier molecular flexibility index (Phi) is 1.03. The van der Waals surface area contributed by atoms with E-state index in [1.54, 1.807) is 30.3 Å². The number of benzene rings is 1. The highest BCUT2D eigenvalue weighted by atomic mass is 13.8. The van der Waals surface area contributed by atoms with Crippen molar-refractivity contribution >= 4 is 6.05 Å². The molecule has 0 atom stereocenters. The highest BCUT2D eigenvalue weighted by Crippen LogP contribution is 1.98. The summed E-state index contributed by atoms with van der Waals surface area (Å²) in [4.78, 5) is 0. The van der Waals surface area contributed by atoms with Crippen molar-refractivity contribution in [2.24, 2.45) is 0 Å². The lowest BCUT2D eigenvalue weighted by molar-refractivity contribution is 1.66. The average molecular weight is 135 g/mol. The summed E-state index contributed by atoms with van der Waals surface area (Å²) in [6.45, 7) is -2.50. The first kappa shape index (κ1) is 2.77. The summed E-state index contributed by atoms with van der Waals surface area (Å²) >= 11 is 0. The highest BCUT2D eigenvalue weighted by Gasteiger charge is 1.77. The summed E-state index contributed by atoms with van der Waals surface area (Å²) in [6.07, 6.45) is 0. The van der Waals surface area contributed by atoms with E-state index in [2.05, 4.69) is 5.73 Å². The van der Waals surface area contributed by atoms with Crippen LogP contribution in [0.2, 0.25) is 0 Å². The Balaban J connectivity index is 3.15. The number of rotatable bonds is 1. The second kappa shape index (κ2) is 3.71. The lowest BCUT2D eigenvalue weighted by Crippen LogP contribution is -1.64. The maximum Gasteiger partial charge on any atom is 0.0720 e. The molecule has 10 heavy (non-hydrogen) atoms. The van der Waals surface area contributed by atoms with Crippen LogP contribution in [0.4, 0.5) is 0 Å². The third-order valence-electron chi connectivity index (χ3n) is 1.04. The molecule has 0 saturated heterocycles. The maximum absolute atomic E-state index is 7.54. The van der Waals surface area contributed by atoms with Gasteiger partial charge in [-0.15, -0.1) is 5.73 Å². The SMILES string of the molecule is [2H]C(=C=C([2H])C([2H])([2H])[2H])c1ccccc1. The average Bonchev–Trinajstić information content (AvgIpc) is 2.17. The second-order valence-corrected chi connectivity index (χ2v) is 1.74. The molecule has 0 aliphatic carbocycles. The van der Waals surface area contributed by atoms with Crippen LogP contribution in [-0.4, -0.2) is 0 Å². The Morgan fingerprint density at radius 3 is 3.00 bits per heavy atom. The molecule has 0 heterocycles. The van der Waals surface area contributed by atoms with Crippen molar-refractivity contribution in [3.8, 4) is 0 Å². The molecule has 0 fully saturated rings. The Morgan fingerprint density at radius 2 is 2.30 bits per heavy atom. The molecular formula is C10H10. The Labute approximate surface area is 68.5 Å². The molecule has 1 aromatic carbocycles. The van der Waals surface area contributed by atoms with E-state index in [4.69, 9.17) is 6.85 Å². The summed E-state index contributed by atoms with van der Waals surface area (Å²) in [7, 11) is 0. The zero-order chi connectivity index (χ0) is 11.5. The minimum absolute atomic E-state index is 0.0864. The summed E-state index contributed by atoms with van der Waals surface area (Å²) in [6, 6.07) is 7.89. The van der Waals surface area contributed by atoms with Crippen molar-refractivity contribution in [2.45, 2.75) is 6.85 Å². The van der Waals surface area contributed by atoms with Gasteiger partial charge in [0, 0.05) is 4.11 Å². The Hall–Kier alpha value is -1.26. The van der Waals surface area contributed by atoms with Gasteiger partial charge >= 0.3 is 0 Å². The van der Waals surface area contributed by atoms with Gasteiger partial charge in [-0.3, -0.25) is 0 Å². The molecule has 1 aromatic rings. The van der Waals surface area contributed by atoms with E-state index in [-0.39, 0.29) is 6.05 Å². The minimum atomic E-state index is -2.50. The molecule has 0 aliphatic rings. The van der Waals surface area contributed by atoms with Crippen LogP contribution in [-0.2, 0) is 0 Å². The first-order chi connectivity index (χ1) is 6.91. The van der Waals surface area contributed by atoms with Crippen LogP contribution in [0.25, 0.3) is 6.05 Å². The van der Waals surface area contributed by atoms with Crippen LogP contribution < -0.4 is 0 Å². The lowest BCUT2D eigenvalue weighted by Gasteiger charge is -1.85. The predicted molar refractivity (Wildman–Crippen MR) is 44.7 cm³/mol. The van der Waals surface area contributed by atoms with E-state index in [1.165, 1.54) is 0 Å². The van der Waals surface area contributed by atoms with Crippen LogP contribution in [0.15, 0.2) is 42.1 Å². The number of hydrogen-bond donors (Lipinski definition) is 0. The van der Waals surface area contributed by atoms with Crippen LogP contribution in [0.5, 0.6) is 0 Å². The van der Waals surface area contributed by atoms with Crippen molar-refractivity contribution in [2.75, 3.05) is 0 Å². The van der Waals surface area contributed by atoms with Gasteiger partial charge in [0.2, 0.25) is 0 Å². The molecule has 0 bridgehead atoms. The maximum atomic E-state index is 7.54. The minimum Gasteiger partial charge on any atom is -0.125 e. The molecular weight excluding hydrogens is 120 g/mol. The molecule has 0 N–H and O–H groups in total. The Morgan fingerprint density at radius 1 is 1.50 bits per heavy atom.